The molecule has 1 fully saturated rings. The number of nitrogens with zero attached hydrogens (tertiary/aromatic N) is 1. The van der Waals surface area contributed by atoms with Crippen molar-refractivity contribution in [1.29, 1.82) is 0 Å². The Morgan fingerprint density at radius 1 is 1.47 bits per heavy atom. The van der Waals surface area contributed by atoms with Gasteiger partial charge in [-0.25, -0.2) is 0 Å². The van der Waals surface area contributed by atoms with Gasteiger partial charge in [0.05, 0.1) is 0 Å². The van der Waals surface area contributed by atoms with Crippen LogP contribution in [0.4, 0.5) is 0 Å². The highest BCUT2D eigenvalue weighted by Gasteiger charge is 2.19. The molecule has 1 aromatic carbocycles. The topological polar surface area (TPSA) is 32.3 Å². The fourth-order valence-corrected chi connectivity index (χ4v) is 3.28. The van der Waals surface area contributed by atoms with Crippen LogP contribution < -0.4 is 5.32 Å². The minimum absolute atomic E-state index is 0.211. The lowest BCUT2D eigenvalue weighted by atomic mass is 10.2. The van der Waals surface area contributed by atoms with Crippen LogP contribution in [0.15, 0.2) is 28.7 Å². The van der Waals surface area contributed by atoms with Crippen molar-refractivity contribution in [3.63, 3.8) is 0 Å². The number of thioether (sulfide) groups is 1. The van der Waals surface area contributed by atoms with E-state index in [1.54, 1.807) is 0 Å². The summed E-state index contributed by atoms with van der Waals surface area (Å²) >= 11 is 5.34. The van der Waals surface area contributed by atoms with Crippen molar-refractivity contribution in [2.45, 2.75) is 19.0 Å². The van der Waals surface area contributed by atoms with Crippen molar-refractivity contribution < 1.29 is 4.79 Å². The van der Waals surface area contributed by atoms with Crippen LogP contribution in [0.1, 0.15) is 12.0 Å². The van der Waals surface area contributed by atoms with Gasteiger partial charge in [-0.2, -0.15) is 11.8 Å². The van der Waals surface area contributed by atoms with Crippen LogP contribution in [0.3, 0.4) is 0 Å². The number of carbonyl (C=O) groups is 1. The van der Waals surface area contributed by atoms with Gasteiger partial charge in [0.15, 0.2) is 0 Å². The number of rotatable bonds is 4. The van der Waals surface area contributed by atoms with Crippen molar-refractivity contribution >= 4 is 33.6 Å². The molecule has 104 valence electrons. The predicted molar refractivity (Wildman–Crippen MR) is 84.3 cm³/mol. The van der Waals surface area contributed by atoms with Gasteiger partial charge in [-0.3, -0.25) is 4.79 Å². The molecule has 0 spiro atoms. The van der Waals surface area contributed by atoms with Crippen LogP contribution in [-0.4, -0.2) is 41.9 Å². The van der Waals surface area contributed by atoms with Gasteiger partial charge in [0, 0.05) is 48.6 Å². The molecule has 1 heterocycles. The van der Waals surface area contributed by atoms with E-state index in [1.165, 1.54) is 0 Å². The molecule has 3 nitrogen and oxygen atoms in total. The van der Waals surface area contributed by atoms with Gasteiger partial charge in [-0.05, 0) is 17.7 Å². The summed E-state index contributed by atoms with van der Waals surface area (Å²) in [7, 11) is 1.88. The molecule has 0 aliphatic carbocycles. The standard InChI is InChI=1S/C14H19BrN2OS/c1-17(9-11-2-4-12(15)5-3-11)14(18)8-13-10-19-7-6-16-13/h2-5,13,16H,6-10H2,1H3. The Kier molecular flexibility index (Phi) is 5.73. The highest BCUT2D eigenvalue weighted by molar-refractivity contribution is 9.10. The van der Waals surface area contributed by atoms with Gasteiger partial charge in [-0.15, -0.1) is 0 Å². The molecule has 1 aliphatic rings. The molecule has 1 N–H and O–H groups in total. The second-order valence-electron chi connectivity index (χ2n) is 4.81. The Morgan fingerprint density at radius 3 is 2.84 bits per heavy atom. The molecule has 2 rings (SSSR count). The van der Waals surface area contributed by atoms with Crippen LogP contribution >= 0.6 is 27.7 Å². The van der Waals surface area contributed by atoms with Gasteiger partial charge >= 0.3 is 0 Å². The van der Waals surface area contributed by atoms with E-state index in [4.69, 9.17) is 0 Å². The third-order valence-electron chi connectivity index (χ3n) is 3.18. The Labute approximate surface area is 127 Å². The minimum Gasteiger partial charge on any atom is -0.341 e. The summed E-state index contributed by atoms with van der Waals surface area (Å²) in [6.45, 7) is 1.69. The lowest BCUT2D eigenvalue weighted by Crippen LogP contribution is -2.41. The SMILES string of the molecule is CN(Cc1ccc(Br)cc1)C(=O)CC1CSCCN1. The van der Waals surface area contributed by atoms with E-state index < -0.39 is 0 Å². The molecular weight excluding hydrogens is 324 g/mol. The van der Waals surface area contributed by atoms with Gasteiger partial charge in [0.25, 0.3) is 0 Å². The molecule has 0 saturated carbocycles. The number of hydrogen-bond acceptors (Lipinski definition) is 3. The van der Waals surface area contributed by atoms with Crippen LogP contribution in [0, 0.1) is 0 Å². The van der Waals surface area contributed by atoms with E-state index in [1.807, 2.05) is 48.0 Å². The van der Waals surface area contributed by atoms with Crippen molar-refractivity contribution in [1.82, 2.24) is 10.2 Å². The lowest BCUT2D eigenvalue weighted by Gasteiger charge is -2.25. The van der Waals surface area contributed by atoms with Crippen LogP contribution in [-0.2, 0) is 11.3 Å². The number of hydrogen-bond donors (Lipinski definition) is 1. The summed E-state index contributed by atoms with van der Waals surface area (Å²) in [5.74, 6) is 2.40. The predicted octanol–water partition coefficient (Wildman–Crippen LogP) is 2.50. The molecule has 1 unspecified atom stereocenters. The van der Waals surface area contributed by atoms with Gasteiger partial charge in [0.2, 0.25) is 5.91 Å². The quantitative estimate of drug-likeness (QED) is 0.912. The zero-order valence-electron chi connectivity index (χ0n) is 11.1. The molecule has 1 saturated heterocycles. The summed E-state index contributed by atoms with van der Waals surface area (Å²) in [6, 6.07) is 8.43. The normalized spacial score (nSPS) is 19.2. The maximum Gasteiger partial charge on any atom is 0.224 e. The molecule has 0 bridgehead atoms. The van der Waals surface area contributed by atoms with Crippen molar-refractivity contribution in [3.8, 4) is 0 Å². The maximum atomic E-state index is 12.1. The maximum absolute atomic E-state index is 12.1. The number of nitrogens with one attached hydrogen (secondary N) is 1. The van der Waals surface area contributed by atoms with Crippen molar-refractivity contribution in [2.24, 2.45) is 0 Å². The molecule has 1 amide bonds. The van der Waals surface area contributed by atoms with Gasteiger partial charge in [0.1, 0.15) is 0 Å². The van der Waals surface area contributed by atoms with Crippen LogP contribution in [0.2, 0.25) is 0 Å². The number of amides is 1. The summed E-state index contributed by atoms with van der Waals surface area (Å²) in [5, 5.41) is 3.40. The zero-order valence-corrected chi connectivity index (χ0v) is 13.5. The summed E-state index contributed by atoms with van der Waals surface area (Å²) in [4.78, 5) is 14.0. The van der Waals surface area contributed by atoms with E-state index in [0.29, 0.717) is 19.0 Å². The first-order valence-electron chi connectivity index (χ1n) is 6.44. The van der Waals surface area contributed by atoms with E-state index in [9.17, 15) is 4.79 Å². The molecule has 0 radical (unpaired) electrons. The smallest absolute Gasteiger partial charge is 0.224 e. The first-order chi connectivity index (χ1) is 9.15. The average molecular weight is 343 g/mol. The molecule has 1 aliphatic heterocycles. The fraction of sp³-hybridized carbons (Fsp3) is 0.500. The van der Waals surface area contributed by atoms with Crippen LogP contribution in [0.25, 0.3) is 0 Å². The summed E-state index contributed by atoms with van der Waals surface area (Å²) in [6.07, 6.45) is 0.597. The van der Waals surface area contributed by atoms with E-state index in [0.717, 1.165) is 28.1 Å². The van der Waals surface area contributed by atoms with Crippen LogP contribution in [0.5, 0.6) is 0 Å². The highest BCUT2D eigenvalue weighted by Crippen LogP contribution is 2.14. The van der Waals surface area contributed by atoms with E-state index >= 15 is 0 Å². The first kappa shape index (κ1) is 14.9. The zero-order chi connectivity index (χ0) is 13.7. The second kappa shape index (κ2) is 7.31. The summed E-state index contributed by atoms with van der Waals surface area (Å²) < 4.78 is 1.06. The monoisotopic (exact) mass is 342 g/mol. The average Bonchev–Trinajstić information content (AvgIpc) is 2.42. The number of carbonyl (C=O) groups excluding carboxylic acids is 1. The highest BCUT2D eigenvalue weighted by atomic mass is 79.9. The molecule has 1 atom stereocenters. The molecule has 19 heavy (non-hydrogen) atoms. The Hall–Kier alpha value is -0.520. The Morgan fingerprint density at radius 2 is 2.21 bits per heavy atom. The Bertz CT molecular complexity index is 418. The van der Waals surface area contributed by atoms with Gasteiger partial charge in [-0.1, -0.05) is 28.1 Å². The summed E-state index contributed by atoms with van der Waals surface area (Å²) in [5.41, 5.74) is 1.16. The largest absolute Gasteiger partial charge is 0.341 e. The van der Waals surface area contributed by atoms with E-state index in [2.05, 4.69) is 21.2 Å². The van der Waals surface area contributed by atoms with Gasteiger partial charge < -0.3 is 10.2 Å². The van der Waals surface area contributed by atoms with E-state index in [-0.39, 0.29) is 5.91 Å². The first-order valence-corrected chi connectivity index (χ1v) is 8.39. The molecule has 5 heteroatoms. The molecule has 1 aromatic rings. The Balaban J connectivity index is 1.83. The molecular formula is C14H19BrN2OS. The third kappa shape index (κ3) is 4.82. The fourth-order valence-electron chi connectivity index (χ4n) is 2.07. The number of halogens is 1. The lowest BCUT2D eigenvalue weighted by molar-refractivity contribution is -0.130. The second-order valence-corrected chi connectivity index (χ2v) is 6.87. The molecule has 0 aromatic heterocycles. The third-order valence-corrected chi connectivity index (χ3v) is 4.84. The van der Waals surface area contributed by atoms with Crippen molar-refractivity contribution in [3.05, 3.63) is 34.3 Å². The van der Waals surface area contributed by atoms with Crippen molar-refractivity contribution in [2.75, 3.05) is 25.1 Å². The number of benzene rings is 1. The minimum atomic E-state index is 0.211.